The molecule has 1 aliphatic rings. The molecule has 1 atom stereocenters. The van der Waals surface area contributed by atoms with Gasteiger partial charge in [-0.1, -0.05) is 60.7 Å². The second-order valence-electron chi connectivity index (χ2n) is 5.14. The molecule has 1 saturated heterocycles. The van der Waals surface area contributed by atoms with Crippen LogP contribution in [0.3, 0.4) is 0 Å². The van der Waals surface area contributed by atoms with E-state index in [9.17, 15) is 0 Å². The molecule has 0 bridgehead atoms. The Kier molecular flexibility index (Phi) is 7.76. The smallest absolute Gasteiger partial charge is 0.0449 e. The van der Waals surface area contributed by atoms with Gasteiger partial charge in [0.05, 0.1) is 0 Å². The van der Waals surface area contributed by atoms with Crippen molar-refractivity contribution in [1.29, 1.82) is 0 Å². The van der Waals surface area contributed by atoms with Gasteiger partial charge in [-0.15, -0.1) is 24.8 Å². The van der Waals surface area contributed by atoms with E-state index in [0.29, 0.717) is 6.04 Å². The van der Waals surface area contributed by atoms with E-state index in [1.54, 1.807) is 0 Å². The summed E-state index contributed by atoms with van der Waals surface area (Å²) in [6, 6.07) is 21.9. The van der Waals surface area contributed by atoms with Crippen LogP contribution in [0.4, 0.5) is 0 Å². The van der Waals surface area contributed by atoms with Crippen LogP contribution in [-0.4, -0.2) is 24.5 Å². The van der Waals surface area contributed by atoms with Crippen molar-refractivity contribution in [3.63, 3.8) is 0 Å². The lowest BCUT2D eigenvalue weighted by Crippen LogP contribution is -2.45. The summed E-state index contributed by atoms with van der Waals surface area (Å²) < 4.78 is 0. The highest BCUT2D eigenvalue weighted by molar-refractivity contribution is 5.85. The number of hydrogen-bond donors (Lipinski definition) is 1. The molecule has 0 radical (unpaired) electrons. The van der Waals surface area contributed by atoms with Crippen LogP contribution in [0.1, 0.15) is 17.2 Å². The third kappa shape index (κ3) is 5.01. The highest BCUT2D eigenvalue weighted by atomic mass is 35.5. The van der Waals surface area contributed by atoms with Crippen molar-refractivity contribution in [2.24, 2.45) is 0 Å². The van der Waals surface area contributed by atoms with Gasteiger partial charge in [0.25, 0.3) is 0 Å². The van der Waals surface area contributed by atoms with Crippen LogP contribution in [-0.2, 0) is 6.54 Å². The number of nitrogens with one attached hydrogen (secondary N) is 1. The first kappa shape index (κ1) is 18.0. The molecule has 1 fully saturated rings. The van der Waals surface area contributed by atoms with Crippen LogP contribution >= 0.6 is 24.8 Å². The molecule has 2 aromatic carbocycles. The number of nitrogens with zero attached hydrogens (tertiary/aromatic N) is 1. The molecule has 0 saturated carbocycles. The summed E-state index contributed by atoms with van der Waals surface area (Å²) in [5, 5.41) is 3.61. The number of halogens is 2. The molecule has 0 aromatic heterocycles. The average molecular weight is 325 g/mol. The average Bonchev–Trinajstić information content (AvgIpc) is 2.49. The maximum Gasteiger partial charge on any atom is 0.0449 e. The quantitative estimate of drug-likeness (QED) is 0.926. The topological polar surface area (TPSA) is 15.3 Å². The molecule has 4 heteroatoms. The molecule has 1 unspecified atom stereocenters. The van der Waals surface area contributed by atoms with E-state index in [-0.39, 0.29) is 24.8 Å². The summed E-state index contributed by atoms with van der Waals surface area (Å²) >= 11 is 0. The molecule has 1 heterocycles. The Bertz CT molecular complexity index is 505. The van der Waals surface area contributed by atoms with Crippen molar-refractivity contribution in [2.45, 2.75) is 12.6 Å². The van der Waals surface area contributed by atoms with Crippen molar-refractivity contribution < 1.29 is 0 Å². The normalized spacial score (nSPS) is 18.4. The van der Waals surface area contributed by atoms with E-state index in [2.05, 4.69) is 70.9 Å². The minimum absolute atomic E-state index is 0. The second kappa shape index (κ2) is 9.06. The molecular formula is C17H22Cl2N2. The first-order valence-electron chi connectivity index (χ1n) is 6.96. The SMILES string of the molecule is Cl.Cl.c1ccc(CN2CCNC(c3ccccc3)C2)cc1. The summed E-state index contributed by atoms with van der Waals surface area (Å²) in [7, 11) is 0. The molecule has 3 rings (SSSR count). The van der Waals surface area contributed by atoms with Crippen molar-refractivity contribution >= 4 is 24.8 Å². The fraction of sp³-hybridized carbons (Fsp3) is 0.294. The predicted molar refractivity (Wildman–Crippen MR) is 93.4 cm³/mol. The third-order valence-electron chi connectivity index (χ3n) is 3.71. The summed E-state index contributed by atoms with van der Waals surface area (Å²) in [4.78, 5) is 2.53. The highest BCUT2D eigenvalue weighted by Gasteiger charge is 2.20. The Labute approximate surface area is 139 Å². The van der Waals surface area contributed by atoms with E-state index in [1.807, 2.05) is 0 Å². The van der Waals surface area contributed by atoms with Crippen LogP contribution in [0.15, 0.2) is 60.7 Å². The molecule has 0 amide bonds. The van der Waals surface area contributed by atoms with E-state index in [0.717, 1.165) is 26.2 Å². The predicted octanol–water partition coefficient (Wildman–Crippen LogP) is 3.68. The van der Waals surface area contributed by atoms with Crippen LogP contribution in [0, 0.1) is 0 Å². The van der Waals surface area contributed by atoms with Gasteiger partial charge in [0.2, 0.25) is 0 Å². The zero-order valence-electron chi connectivity index (χ0n) is 11.9. The summed E-state index contributed by atoms with van der Waals surface area (Å²) in [5.74, 6) is 0. The van der Waals surface area contributed by atoms with Gasteiger partial charge in [-0.3, -0.25) is 4.90 Å². The van der Waals surface area contributed by atoms with Gasteiger partial charge in [0, 0.05) is 32.2 Å². The van der Waals surface area contributed by atoms with E-state index in [1.165, 1.54) is 11.1 Å². The molecule has 2 aromatic rings. The van der Waals surface area contributed by atoms with E-state index >= 15 is 0 Å². The van der Waals surface area contributed by atoms with Gasteiger partial charge in [0.15, 0.2) is 0 Å². The lowest BCUT2D eigenvalue weighted by Gasteiger charge is -2.34. The number of hydrogen-bond acceptors (Lipinski definition) is 2. The Hall–Kier alpha value is -1.06. The molecule has 0 spiro atoms. The number of piperazine rings is 1. The number of benzene rings is 2. The van der Waals surface area contributed by atoms with Gasteiger partial charge < -0.3 is 5.32 Å². The fourth-order valence-electron chi connectivity index (χ4n) is 2.70. The molecule has 0 aliphatic carbocycles. The van der Waals surface area contributed by atoms with Crippen LogP contribution in [0.5, 0.6) is 0 Å². The van der Waals surface area contributed by atoms with E-state index < -0.39 is 0 Å². The minimum atomic E-state index is 0. The Morgan fingerprint density at radius 2 is 1.52 bits per heavy atom. The standard InChI is InChI=1S/C17H20N2.2ClH/c1-3-7-15(8-4-1)13-19-12-11-18-17(14-19)16-9-5-2-6-10-16;;/h1-10,17-18H,11-14H2;2*1H. The summed E-state index contributed by atoms with van der Waals surface area (Å²) in [6.45, 7) is 4.31. The van der Waals surface area contributed by atoms with Gasteiger partial charge in [0.1, 0.15) is 0 Å². The Morgan fingerprint density at radius 1 is 0.905 bits per heavy atom. The van der Waals surface area contributed by atoms with Crippen molar-refractivity contribution in [3.05, 3.63) is 71.8 Å². The summed E-state index contributed by atoms with van der Waals surface area (Å²) in [5.41, 5.74) is 2.79. The van der Waals surface area contributed by atoms with Crippen molar-refractivity contribution in [3.8, 4) is 0 Å². The molecular weight excluding hydrogens is 303 g/mol. The molecule has 114 valence electrons. The maximum atomic E-state index is 3.61. The lowest BCUT2D eigenvalue weighted by atomic mass is 10.0. The third-order valence-corrected chi connectivity index (χ3v) is 3.71. The van der Waals surface area contributed by atoms with Gasteiger partial charge in [-0.2, -0.15) is 0 Å². The zero-order valence-corrected chi connectivity index (χ0v) is 13.6. The summed E-state index contributed by atoms with van der Waals surface area (Å²) in [6.07, 6.45) is 0. The maximum absolute atomic E-state index is 3.61. The van der Waals surface area contributed by atoms with Crippen LogP contribution < -0.4 is 5.32 Å². The second-order valence-corrected chi connectivity index (χ2v) is 5.14. The molecule has 21 heavy (non-hydrogen) atoms. The first-order chi connectivity index (χ1) is 9.42. The monoisotopic (exact) mass is 324 g/mol. The Morgan fingerprint density at radius 3 is 2.19 bits per heavy atom. The fourth-order valence-corrected chi connectivity index (χ4v) is 2.70. The number of rotatable bonds is 3. The first-order valence-corrected chi connectivity index (χ1v) is 6.96. The van der Waals surface area contributed by atoms with Gasteiger partial charge in [-0.25, -0.2) is 0 Å². The van der Waals surface area contributed by atoms with E-state index in [4.69, 9.17) is 0 Å². The van der Waals surface area contributed by atoms with Crippen LogP contribution in [0.25, 0.3) is 0 Å². The van der Waals surface area contributed by atoms with Gasteiger partial charge >= 0.3 is 0 Å². The molecule has 2 nitrogen and oxygen atoms in total. The highest BCUT2D eigenvalue weighted by Crippen LogP contribution is 2.18. The van der Waals surface area contributed by atoms with Crippen LogP contribution in [0.2, 0.25) is 0 Å². The van der Waals surface area contributed by atoms with Gasteiger partial charge in [-0.05, 0) is 11.1 Å². The minimum Gasteiger partial charge on any atom is -0.308 e. The van der Waals surface area contributed by atoms with Crippen molar-refractivity contribution in [1.82, 2.24) is 10.2 Å². The Balaban J connectivity index is 0.00000110. The largest absolute Gasteiger partial charge is 0.308 e. The lowest BCUT2D eigenvalue weighted by molar-refractivity contribution is 0.193. The van der Waals surface area contributed by atoms with Crippen molar-refractivity contribution in [2.75, 3.05) is 19.6 Å². The zero-order chi connectivity index (χ0) is 12.9. The molecule has 1 aliphatic heterocycles. The molecule has 1 N–H and O–H groups in total.